The Bertz CT molecular complexity index is 655. The van der Waals surface area contributed by atoms with Gasteiger partial charge in [-0.25, -0.2) is 4.79 Å². The zero-order valence-electron chi connectivity index (χ0n) is 13.1. The van der Waals surface area contributed by atoms with E-state index in [4.69, 9.17) is 9.84 Å². The zero-order chi connectivity index (χ0) is 15.6. The van der Waals surface area contributed by atoms with Gasteiger partial charge in [0.15, 0.2) is 0 Å². The van der Waals surface area contributed by atoms with Gasteiger partial charge in [-0.3, -0.25) is 0 Å². The summed E-state index contributed by atoms with van der Waals surface area (Å²) in [6, 6.07) is 6.37. The minimum absolute atomic E-state index is 0.322. The van der Waals surface area contributed by atoms with Gasteiger partial charge in [0, 0.05) is 26.3 Å². The number of rotatable bonds is 6. The third-order valence-corrected chi connectivity index (χ3v) is 5.26. The van der Waals surface area contributed by atoms with Crippen molar-refractivity contribution in [3.05, 3.63) is 35.5 Å². The number of hydrogen-bond donors (Lipinski definition) is 1. The van der Waals surface area contributed by atoms with E-state index >= 15 is 0 Å². The Kier molecular flexibility index (Phi) is 4.54. The molecule has 0 aliphatic rings. The second kappa shape index (κ2) is 6.03. The van der Waals surface area contributed by atoms with Crippen molar-refractivity contribution in [3.8, 4) is 0 Å². The van der Waals surface area contributed by atoms with Crippen molar-refractivity contribution in [2.45, 2.75) is 39.3 Å². The summed E-state index contributed by atoms with van der Waals surface area (Å²) in [6.45, 7) is 10.3. The van der Waals surface area contributed by atoms with Gasteiger partial charge in [0.1, 0.15) is 6.73 Å². The molecule has 0 saturated heterocycles. The highest BCUT2D eigenvalue weighted by Gasteiger charge is 2.13. The average molecular weight is 305 g/mol. The van der Waals surface area contributed by atoms with Gasteiger partial charge in [-0.15, -0.1) is 0 Å². The molecule has 114 valence electrons. The van der Waals surface area contributed by atoms with E-state index in [2.05, 4.69) is 19.6 Å². The van der Waals surface area contributed by atoms with Crippen LogP contribution in [0.25, 0.3) is 10.9 Å². The van der Waals surface area contributed by atoms with Crippen molar-refractivity contribution in [1.82, 2.24) is 4.57 Å². The van der Waals surface area contributed by atoms with E-state index in [1.54, 1.807) is 12.1 Å². The molecule has 4 nitrogen and oxygen atoms in total. The van der Waals surface area contributed by atoms with Crippen molar-refractivity contribution in [1.29, 1.82) is 0 Å². The molecule has 1 N–H and O–H groups in total. The van der Waals surface area contributed by atoms with Crippen molar-refractivity contribution in [2.75, 3.05) is 6.61 Å². The van der Waals surface area contributed by atoms with Gasteiger partial charge in [-0.2, -0.15) is 0 Å². The second-order valence-corrected chi connectivity index (χ2v) is 12.3. The van der Waals surface area contributed by atoms with Gasteiger partial charge in [-0.05, 0) is 36.7 Å². The topological polar surface area (TPSA) is 51.5 Å². The maximum atomic E-state index is 11.0. The fourth-order valence-corrected chi connectivity index (χ4v) is 3.01. The summed E-state index contributed by atoms with van der Waals surface area (Å²) in [5, 5.41) is 10.0. The molecule has 0 radical (unpaired) electrons. The van der Waals surface area contributed by atoms with Crippen LogP contribution in [-0.4, -0.2) is 30.3 Å². The lowest BCUT2D eigenvalue weighted by atomic mass is 10.1. The number of ether oxygens (including phenoxy) is 1. The molecule has 0 fully saturated rings. The summed E-state index contributed by atoms with van der Waals surface area (Å²) in [5.41, 5.74) is 2.41. The third-order valence-electron chi connectivity index (χ3n) is 3.55. The largest absolute Gasteiger partial charge is 0.478 e. The number of carboxylic acid groups (broad SMARTS) is 1. The summed E-state index contributed by atoms with van der Waals surface area (Å²) in [6.07, 6.45) is 2.02. The molecule has 1 aromatic carbocycles. The number of aromatic nitrogens is 1. The number of carboxylic acids is 1. The Morgan fingerprint density at radius 3 is 2.67 bits per heavy atom. The number of nitrogens with zero attached hydrogens (tertiary/aromatic N) is 1. The lowest BCUT2D eigenvalue weighted by Gasteiger charge is -2.15. The molecule has 0 saturated carbocycles. The number of fused-ring (bicyclic) bond motifs is 1. The van der Waals surface area contributed by atoms with Gasteiger partial charge in [-0.1, -0.05) is 19.6 Å². The molecular formula is C16H23NO3Si. The molecule has 0 bridgehead atoms. The second-order valence-electron chi connectivity index (χ2n) is 6.67. The number of carbonyl (C=O) groups is 1. The third kappa shape index (κ3) is 3.95. The molecule has 0 amide bonds. The van der Waals surface area contributed by atoms with Gasteiger partial charge < -0.3 is 14.4 Å². The minimum Gasteiger partial charge on any atom is -0.478 e. The fraction of sp³-hybridized carbons (Fsp3) is 0.438. The molecule has 5 heteroatoms. The molecular weight excluding hydrogens is 282 g/mol. The molecule has 1 heterocycles. The first kappa shape index (κ1) is 15.8. The van der Waals surface area contributed by atoms with Crippen LogP contribution in [0.15, 0.2) is 24.4 Å². The van der Waals surface area contributed by atoms with E-state index in [1.165, 1.54) is 0 Å². The Hall–Kier alpha value is -1.59. The molecule has 21 heavy (non-hydrogen) atoms. The summed E-state index contributed by atoms with van der Waals surface area (Å²) in [4.78, 5) is 11.0. The highest BCUT2D eigenvalue weighted by atomic mass is 28.3. The number of hydrogen-bond acceptors (Lipinski definition) is 2. The van der Waals surface area contributed by atoms with E-state index in [1.807, 2.05) is 23.8 Å². The summed E-state index contributed by atoms with van der Waals surface area (Å²) < 4.78 is 7.82. The first-order chi connectivity index (χ1) is 9.78. The van der Waals surface area contributed by atoms with Crippen molar-refractivity contribution in [3.63, 3.8) is 0 Å². The van der Waals surface area contributed by atoms with Crippen LogP contribution < -0.4 is 0 Å². The Labute approximate surface area is 126 Å². The highest BCUT2D eigenvalue weighted by Crippen LogP contribution is 2.22. The van der Waals surface area contributed by atoms with E-state index in [0.29, 0.717) is 12.3 Å². The van der Waals surface area contributed by atoms with Crippen LogP contribution in [0, 0.1) is 6.92 Å². The van der Waals surface area contributed by atoms with E-state index < -0.39 is 14.0 Å². The van der Waals surface area contributed by atoms with Crippen molar-refractivity contribution in [2.24, 2.45) is 0 Å². The maximum Gasteiger partial charge on any atom is 0.335 e. The number of aromatic carboxylic acids is 1. The average Bonchev–Trinajstić information content (AvgIpc) is 2.70. The van der Waals surface area contributed by atoms with Crippen LogP contribution in [0.2, 0.25) is 25.7 Å². The van der Waals surface area contributed by atoms with E-state index in [0.717, 1.165) is 29.1 Å². The van der Waals surface area contributed by atoms with Gasteiger partial charge in [0.05, 0.1) is 11.1 Å². The van der Waals surface area contributed by atoms with Crippen LogP contribution >= 0.6 is 0 Å². The van der Waals surface area contributed by atoms with Gasteiger partial charge >= 0.3 is 5.97 Å². The first-order valence-electron chi connectivity index (χ1n) is 7.18. The molecule has 0 aliphatic carbocycles. The molecule has 0 unspecified atom stereocenters. The monoisotopic (exact) mass is 305 g/mol. The molecule has 2 rings (SSSR count). The van der Waals surface area contributed by atoms with Crippen LogP contribution in [0.4, 0.5) is 0 Å². The van der Waals surface area contributed by atoms with E-state index in [9.17, 15) is 4.79 Å². The minimum atomic E-state index is -1.06. The van der Waals surface area contributed by atoms with Crippen LogP contribution in [0.5, 0.6) is 0 Å². The van der Waals surface area contributed by atoms with Gasteiger partial charge in [0.2, 0.25) is 0 Å². The smallest absolute Gasteiger partial charge is 0.335 e. The lowest BCUT2D eigenvalue weighted by Crippen LogP contribution is -2.21. The van der Waals surface area contributed by atoms with Crippen molar-refractivity contribution < 1.29 is 14.6 Å². The molecule has 0 aliphatic heterocycles. The first-order valence-corrected chi connectivity index (χ1v) is 10.9. The quantitative estimate of drug-likeness (QED) is 0.649. The Morgan fingerprint density at radius 2 is 2.05 bits per heavy atom. The molecule has 2 aromatic rings. The summed E-state index contributed by atoms with van der Waals surface area (Å²) >= 11 is 0. The standard InChI is InChI=1S/C16H23NO3Si/c1-12-10-17(11-20-7-8-21(2,3)4)15-6-5-13(16(18)19)9-14(12)15/h5-6,9-10H,7-8,11H2,1-4H3,(H,18,19). The predicted octanol–water partition coefficient (Wildman–Crippen LogP) is 3.96. The summed E-state index contributed by atoms with van der Waals surface area (Å²) in [7, 11) is -1.06. The lowest BCUT2D eigenvalue weighted by molar-refractivity contribution is 0.0697. The maximum absolute atomic E-state index is 11.0. The Morgan fingerprint density at radius 1 is 1.33 bits per heavy atom. The number of benzene rings is 1. The summed E-state index contributed by atoms with van der Waals surface area (Å²) in [5.74, 6) is -0.893. The van der Waals surface area contributed by atoms with Crippen LogP contribution in [0.3, 0.4) is 0 Å². The van der Waals surface area contributed by atoms with Gasteiger partial charge in [0.25, 0.3) is 0 Å². The Balaban J connectivity index is 2.12. The molecule has 0 spiro atoms. The van der Waals surface area contributed by atoms with Crippen LogP contribution in [0.1, 0.15) is 15.9 Å². The van der Waals surface area contributed by atoms with E-state index in [-0.39, 0.29) is 0 Å². The normalized spacial score (nSPS) is 12.0. The fourth-order valence-electron chi connectivity index (χ4n) is 2.26. The highest BCUT2D eigenvalue weighted by molar-refractivity contribution is 6.76. The molecule has 1 aromatic heterocycles. The molecule has 0 atom stereocenters. The SMILES string of the molecule is Cc1cn(COCC[Si](C)(C)C)c2ccc(C(=O)O)cc12. The van der Waals surface area contributed by atoms with Crippen molar-refractivity contribution >= 4 is 24.9 Å². The zero-order valence-corrected chi connectivity index (χ0v) is 14.1. The predicted molar refractivity (Wildman–Crippen MR) is 87.7 cm³/mol. The van der Waals surface area contributed by atoms with Crippen LogP contribution in [-0.2, 0) is 11.5 Å². The number of aryl methyl sites for hydroxylation is 1.